The molecule has 0 radical (unpaired) electrons. The van der Waals surface area contributed by atoms with Gasteiger partial charge >= 0.3 is 0 Å². The Morgan fingerprint density at radius 3 is 2.56 bits per heavy atom. The van der Waals surface area contributed by atoms with Crippen LogP contribution in [0.25, 0.3) is 10.6 Å². The van der Waals surface area contributed by atoms with Crippen molar-refractivity contribution in [1.82, 2.24) is 19.7 Å². The first kappa shape index (κ1) is 25.9. The van der Waals surface area contributed by atoms with Crippen molar-refractivity contribution in [1.29, 1.82) is 0 Å². The van der Waals surface area contributed by atoms with E-state index >= 15 is 0 Å². The summed E-state index contributed by atoms with van der Waals surface area (Å²) in [6, 6.07) is 10.7. The van der Waals surface area contributed by atoms with Gasteiger partial charge in [-0.3, -0.25) is 9.59 Å². The highest BCUT2D eigenvalue weighted by molar-refractivity contribution is 7.14. The molecule has 1 fully saturated rings. The van der Waals surface area contributed by atoms with E-state index in [1.807, 2.05) is 39.8 Å². The van der Waals surface area contributed by atoms with Crippen molar-refractivity contribution in [2.45, 2.75) is 50.7 Å². The summed E-state index contributed by atoms with van der Waals surface area (Å²) in [5.74, 6) is -3.25. The standard InChI is InChI=1S/C30H25F3N4O3S/c31-18-12-20(32)19(21(33)13-18)14-23-34-35-28(41-23)24-22-8-10-30-9-4-5-11-36(16-30)29(39)25(37(22)30)27(26(24)38)40-15-17-6-2-1-3-7-17/h1-3,6-7,12-13H,4-5,8-11,14-16H2. The molecule has 210 valence electrons. The maximum Gasteiger partial charge on any atom is 0.274 e. The van der Waals surface area contributed by atoms with Gasteiger partial charge in [-0.15, -0.1) is 10.2 Å². The van der Waals surface area contributed by atoms with Gasteiger partial charge in [0.05, 0.1) is 11.1 Å². The molecule has 7 nitrogen and oxygen atoms in total. The van der Waals surface area contributed by atoms with Crippen LogP contribution in [-0.2, 0) is 25.0 Å². The van der Waals surface area contributed by atoms with Crippen LogP contribution in [0.2, 0.25) is 0 Å². The van der Waals surface area contributed by atoms with E-state index in [0.29, 0.717) is 47.9 Å². The van der Waals surface area contributed by atoms with Gasteiger partial charge in [-0.25, -0.2) is 13.2 Å². The van der Waals surface area contributed by atoms with E-state index in [1.165, 1.54) is 0 Å². The number of aromatic nitrogens is 3. The second kappa shape index (κ2) is 9.83. The third-order valence-electron chi connectivity index (χ3n) is 8.37. The van der Waals surface area contributed by atoms with E-state index in [1.54, 1.807) is 0 Å². The van der Waals surface area contributed by atoms with E-state index in [2.05, 4.69) is 10.2 Å². The number of ether oxygens (including phenoxy) is 1. The molecule has 0 N–H and O–H groups in total. The normalized spacial score (nSPS) is 19.3. The summed E-state index contributed by atoms with van der Waals surface area (Å²) in [6.45, 7) is 1.32. The molecule has 0 saturated carbocycles. The maximum atomic E-state index is 14.3. The quantitative estimate of drug-likeness (QED) is 0.313. The number of amides is 1. The molecule has 4 aromatic rings. The molecule has 1 amide bonds. The van der Waals surface area contributed by atoms with Crippen molar-refractivity contribution in [2.75, 3.05) is 13.1 Å². The Morgan fingerprint density at radius 1 is 1.00 bits per heavy atom. The van der Waals surface area contributed by atoms with Crippen LogP contribution in [0.4, 0.5) is 13.2 Å². The molecule has 3 aliphatic rings. The second-order valence-electron chi connectivity index (χ2n) is 10.9. The van der Waals surface area contributed by atoms with E-state index in [-0.39, 0.29) is 46.5 Å². The summed E-state index contributed by atoms with van der Waals surface area (Å²) in [5, 5.41) is 8.95. The predicted octanol–water partition coefficient (Wildman–Crippen LogP) is 5.24. The van der Waals surface area contributed by atoms with Gasteiger partial charge in [-0.1, -0.05) is 41.7 Å². The van der Waals surface area contributed by atoms with E-state index in [0.717, 1.165) is 42.6 Å². The molecule has 1 unspecified atom stereocenters. The average molecular weight is 579 g/mol. The third-order valence-corrected chi connectivity index (χ3v) is 9.31. The fourth-order valence-corrected chi connectivity index (χ4v) is 7.41. The summed E-state index contributed by atoms with van der Waals surface area (Å²) >= 11 is 1.05. The van der Waals surface area contributed by atoms with Gasteiger partial charge in [-0.2, -0.15) is 0 Å². The number of halogens is 3. The summed E-state index contributed by atoms with van der Waals surface area (Å²) in [6.07, 6.45) is 3.84. The van der Waals surface area contributed by atoms with Crippen LogP contribution in [-0.4, -0.2) is 38.7 Å². The zero-order valence-electron chi connectivity index (χ0n) is 22.0. The zero-order chi connectivity index (χ0) is 28.3. The minimum Gasteiger partial charge on any atom is -0.483 e. The van der Waals surface area contributed by atoms with Crippen LogP contribution in [0.3, 0.4) is 0 Å². The molecule has 41 heavy (non-hydrogen) atoms. The molecule has 3 aliphatic heterocycles. The van der Waals surface area contributed by atoms with Gasteiger partial charge in [0.15, 0.2) is 16.5 Å². The Kier molecular flexibility index (Phi) is 6.22. The molecule has 7 rings (SSSR count). The van der Waals surface area contributed by atoms with Crippen molar-refractivity contribution in [3.8, 4) is 16.3 Å². The van der Waals surface area contributed by atoms with Crippen LogP contribution in [0.5, 0.6) is 5.75 Å². The lowest BCUT2D eigenvalue weighted by molar-refractivity contribution is 0.0582. The third kappa shape index (κ3) is 4.25. The number of carbonyl (C=O) groups is 1. The Labute approximate surface area is 237 Å². The largest absolute Gasteiger partial charge is 0.483 e. The molecular weight excluding hydrogens is 553 g/mol. The molecule has 11 heteroatoms. The van der Waals surface area contributed by atoms with E-state index < -0.39 is 22.9 Å². The van der Waals surface area contributed by atoms with Crippen LogP contribution < -0.4 is 10.2 Å². The number of nitrogens with zero attached hydrogens (tertiary/aromatic N) is 4. The first-order valence-corrected chi connectivity index (χ1v) is 14.4. The molecule has 1 atom stereocenters. The van der Waals surface area contributed by atoms with Crippen molar-refractivity contribution in [3.05, 3.63) is 97.7 Å². The van der Waals surface area contributed by atoms with Crippen LogP contribution >= 0.6 is 11.3 Å². The van der Waals surface area contributed by atoms with Crippen molar-refractivity contribution in [2.24, 2.45) is 0 Å². The summed E-state index contributed by atoms with van der Waals surface area (Å²) in [4.78, 5) is 29.8. The Morgan fingerprint density at radius 2 is 1.78 bits per heavy atom. The molecule has 5 heterocycles. The average Bonchev–Trinajstić information content (AvgIpc) is 3.50. The molecule has 2 bridgehead atoms. The van der Waals surface area contributed by atoms with Crippen LogP contribution in [0, 0.1) is 17.5 Å². The van der Waals surface area contributed by atoms with E-state index in [4.69, 9.17) is 4.74 Å². The van der Waals surface area contributed by atoms with Gasteiger partial charge in [0.2, 0.25) is 5.43 Å². The Hall–Kier alpha value is -3.99. The first-order chi connectivity index (χ1) is 19.8. The van der Waals surface area contributed by atoms with Gasteiger partial charge < -0.3 is 14.2 Å². The number of hydrogen-bond acceptors (Lipinski definition) is 6. The number of carbonyl (C=O) groups excluding carboxylic acids is 1. The van der Waals surface area contributed by atoms with Gasteiger partial charge in [0.25, 0.3) is 5.91 Å². The first-order valence-electron chi connectivity index (χ1n) is 13.6. The molecule has 1 spiro atoms. The highest BCUT2D eigenvalue weighted by Gasteiger charge is 2.50. The zero-order valence-corrected chi connectivity index (χ0v) is 22.8. The summed E-state index contributed by atoms with van der Waals surface area (Å²) in [5.41, 5.74) is 1.05. The van der Waals surface area contributed by atoms with Crippen LogP contribution in [0.15, 0.2) is 47.3 Å². The minimum absolute atomic E-state index is 0.0112. The smallest absolute Gasteiger partial charge is 0.274 e. The van der Waals surface area contributed by atoms with Gasteiger partial charge in [0, 0.05) is 42.9 Å². The number of benzene rings is 2. The second-order valence-corrected chi connectivity index (χ2v) is 11.9. The predicted molar refractivity (Wildman–Crippen MR) is 146 cm³/mol. The van der Waals surface area contributed by atoms with Crippen molar-refractivity contribution < 1.29 is 22.7 Å². The topological polar surface area (TPSA) is 77.3 Å². The SMILES string of the molecule is O=C1c2c(OCc3ccccc3)c(=O)c(-c3nnc(Cc4c(F)cc(F)cc4F)s3)c3n2C2(CCCCN1C2)CC3. The van der Waals surface area contributed by atoms with Crippen molar-refractivity contribution >= 4 is 17.2 Å². The number of fused-ring (bicyclic) bond motifs is 1. The lowest BCUT2D eigenvalue weighted by Crippen LogP contribution is -2.52. The molecule has 2 aromatic heterocycles. The van der Waals surface area contributed by atoms with Gasteiger partial charge in [-0.05, 0) is 37.7 Å². The van der Waals surface area contributed by atoms with Gasteiger partial charge in [0.1, 0.15) is 29.1 Å². The number of pyridine rings is 1. The lowest BCUT2D eigenvalue weighted by atomic mass is 9.89. The highest BCUT2D eigenvalue weighted by Crippen LogP contribution is 2.47. The Bertz CT molecular complexity index is 1730. The monoisotopic (exact) mass is 578 g/mol. The molecular formula is C30H25F3N4O3S. The number of hydrogen-bond donors (Lipinski definition) is 0. The fraction of sp³-hybridized carbons (Fsp3) is 0.333. The minimum atomic E-state index is -1.01. The van der Waals surface area contributed by atoms with E-state index in [9.17, 15) is 22.8 Å². The highest BCUT2D eigenvalue weighted by atomic mass is 32.1. The molecule has 2 aromatic carbocycles. The lowest BCUT2D eigenvalue weighted by Gasteiger charge is -2.42. The maximum absolute atomic E-state index is 14.3. The summed E-state index contributed by atoms with van der Waals surface area (Å²) in [7, 11) is 0. The van der Waals surface area contributed by atoms with Crippen molar-refractivity contribution in [3.63, 3.8) is 0 Å². The molecule has 0 aliphatic carbocycles. The summed E-state index contributed by atoms with van der Waals surface area (Å²) < 4.78 is 50.3. The Balaban J connectivity index is 1.37. The number of rotatable bonds is 6. The van der Waals surface area contributed by atoms with Crippen LogP contribution in [0.1, 0.15) is 58.0 Å². The fourth-order valence-electron chi connectivity index (χ4n) is 6.50. The molecule has 1 saturated heterocycles.